The van der Waals surface area contributed by atoms with Crippen LogP contribution in [0.5, 0.6) is 34.5 Å². The zero-order valence-electron chi connectivity index (χ0n) is 32.7. The molecule has 0 fully saturated rings. The quantitative estimate of drug-likeness (QED) is 0.0774. The van der Waals surface area contributed by atoms with E-state index in [4.69, 9.17) is 14.2 Å². The molecule has 0 aliphatic carbocycles. The van der Waals surface area contributed by atoms with E-state index in [0.717, 1.165) is 5.56 Å². The van der Waals surface area contributed by atoms with Gasteiger partial charge < -0.3 is 39.6 Å². The Morgan fingerprint density at radius 1 is 0.492 bits per heavy atom. The Hall–Kier alpha value is -7.95. The fourth-order valence-electron chi connectivity index (χ4n) is 6.57. The Morgan fingerprint density at radius 3 is 1.52 bits per heavy atom. The van der Waals surface area contributed by atoms with Gasteiger partial charge in [-0.2, -0.15) is 0 Å². The maximum absolute atomic E-state index is 15.6. The smallest absolute Gasteiger partial charge is 0.336 e. The Labute approximate surface area is 350 Å². The number of nitrogens with one attached hydrogen (secondary N) is 2. The summed E-state index contributed by atoms with van der Waals surface area (Å²) in [5, 5.41) is 26.2. The average Bonchev–Trinajstić information content (AvgIpc) is 3.26. The van der Waals surface area contributed by atoms with Crippen molar-refractivity contribution < 1.29 is 48.2 Å². The zero-order chi connectivity index (χ0) is 43.1. The number of carboxylic acid groups (broad SMARTS) is 2. The first-order valence-electron chi connectivity index (χ1n) is 18.8. The van der Waals surface area contributed by atoms with Gasteiger partial charge in [0, 0.05) is 35.5 Å². The molecule has 0 spiro atoms. The van der Waals surface area contributed by atoms with E-state index in [1.54, 1.807) is 36.4 Å². The summed E-state index contributed by atoms with van der Waals surface area (Å²) in [5.74, 6) is -2.52. The van der Waals surface area contributed by atoms with Crippen LogP contribution in [0.3, 0.4) is 0 Å². The van der Waals surface area contributed by atoms with Gasteiger partial charge in [0.2, 0.25) is 0 Å². The van der Waals surface area contributed by atoms with Crippen molar-refractivity contribution in [3.05, 3.63) is 192 Å². The molecule has 0 saturated heterocycles. The summed E-state index contributed by atoms with van der Waals surface area (Å²) in [7, 11) is -2.21. The highest BCUT2D eigenvalue weighted by Crippen LogP contribution is 2.47. The molecule has 4 N–H and O–H groups in total. The summed E-state index contributed by atoms with van der Waals surface area (Å²) >= 11 is 0. The van der Waals surface area contributed by atoms with Crippen LogP contribution in [0.4, 0.5) is 5.69 Å². The Balaban J connectivity index is 1.22. The fourth-order valence-corrected chi connectivity index (χ4v) is 9.32. The number of ether oxygens (including phenoxy) is 3. The van der Waals surface area contributed by atoms with Crippen molar-refractivity contribution >= 4 is 52.5 Å². The molecule has 0 heterocycles. The van der Waals surface area contributed by atoms with Crippen molar-refractivity contribution in [1.29, 1.82) is 0 Å². The molecule has 0 bridgehead atoms. The number of carboxylic acids is 2. The molecule has 0 aliphatic rings. The average molecular weight is 833 g/mol. The van der Waals surface area contributed by atoms with Gasteiger partial charge in [0.15, 0.2) is 7.14 Å². The molecule has 0 aromatic heterocycles. The number of carbonyl (C=O) groups excluding carboxylic acids is 2. The van der Waals surface area contributed by atoms with Gasteiger partial charge in [-0.05, 0) is 85.3 Å². The lowest BCUT2D eigenvalue weighted by Crippen LogP contribution is -2.26. The molecule has 61 heavy (non-hydrogen) atoms. The highest BCUT2D eigenvalue weighted by atomic mass is 31.2. The standard InChI is InChI=1S/C48H37N2O10P/c1-30-11-9-13-32(25-30)58-36-21-24-44(61(57,37-15-5-3-6-16-37)38-17-7-4-8-18-38)43(29-36)60-33-14-10-12-31(26-33)50-46(52)42-28-35(20-23-40(42)48(55)56)59-34-19-22-39(47(53)54)41(27-34)45(51)49-2/h3-29H,1-2H3,(H,49,51)(H,50,52)(H,53,54)(H,55,56). The second-order valence-electron chi connectivity index (χ2n) is 13.6. The molecule has 0 saturated carbocycles. The van der Waals surface area contributed by atoms with Gasteiger partial charge in [0.25, 0.3) is 11.8 Å². The number of hydrogen-bond donors (Lipinski definition) is 4. The van der Waals surface area contributed by atoms with Gasteiger partial charge in [0.1, 0.15) is 34.5 Å². The predicted octanol–water partition coefficient (Wildman–Crippen LogP) is 9.02. The Kier molecular flexibility index (Phi) is 12.1. The van der Waals surface area contributed by atoms with Crippen molar-refractivity contribution in [1.82, 2.24) is 5.32 Å². The molecule has 304 valence electrons. The highest BCUT2D eigenvalue weighted by Gasteiger charge is 2.33. The molecule has 0 aliphatic heterocycles. The lowest BCUT2D eigenvalue weighted by molar-refractivity contribution is 0.0683. The maximum atomic E-state index is 15.6. The van der Waals surface area contributed by atoms with E-state index in [1.807, 2.05) is 91.9 Å². The summed E-state index contributed by atoms with van der Waals surface area (Å²) < 4.78 is 34.2. The van der Waals surface area contributed by atoms with Crippen LogP contribution in [0.15, 0.2) is 164 Å². The van der Waals surface area contributed by atoms with Crippen molar-refractivity contribution in [2.45, 2.75) is 6.92 Å². The van der Waals surface area contributed by atoms with Crippen molar-refractivity contribution in [3.8, 4) is 34.5 Å². The summed E-state index contributed by atoms with van der Waals surface area (Å²) in [6, 6.07) is 44.9. The predicted molar refractivity (Wildman–Crippen MR) is 232 cm³/mol. The first kappa shape index (κ1) is 41.2. The van der Waals surface area contributed by atoms with Gasteiger partial charge >= 0.3 is 11.9 Å². The third kappa shape index (κ3) is 9.20. The Morgan fingerprint density at radius 2 is 0.984 bits per heavy atom. The summed E-state index contributed by atoms with van der Waals surface area (Å²) in [6.45, 7) is 1.95. The summed E-state index contributed by atoms with van der Waals surface area (Å²) in [6.07, 6.45) is 0. The zero-order valence-corrected chi connectivity index (χ0v) is 33.6. The molecule has 13 heteroatoms. The van der Waals surface area contributed by atoms with E-state index in [9.17, 15) is 29.4 Å². The molecule has 7 aromatic carbocycles. The van der Waals surface area contributed by atoms with Crippen LogP contribution in [0.2, 0.25) is 0 Å². The number of rotatable bonds is 14. The molecule has 7 rings (SSSR count). The number of aryl methyl sites for hydroxylation is 1. The van der Waals surface area contributed by atoms with E-state index in [-0.39, 0.29) is 50.9 Å². The number of carbonyl (C=O) groups is 4. The summed E-state index contributed by atoms with van der Waals surface area (Å²) in [4.78, 5) is 50.2. The van der Waals surface area contributed by atoms with Gasteiger partial charge in [-0.1, -0.05) is 78.9 Å². The molecule has 0 radical (unpaired) electrons. The third-order valence-corrected chi connectivity index (χ3v) is 12.5. The fraction of sp³-hybridized carbons (Fsp3) is 0.0417. The normalized spacial score (nSPS) is 10.9. The topological polar surface area (TPSA) is 178 Å². The minimum absolute atomic E-state index is 0.0414. The number of hydrogen-bond acceptors (Lipinski definition) is 8. The largest absolute Gasteiger partial charge is 0.478 e. The molecule has 12 nitrogen and oxygen atoms in total. The van der Waals surface area contributed by atoms with Crippen molar-refractivity contribution in [2.75, 3.05) is 12.4 Å². The number of aromatic carboxylic acids is 2. The summed E-state index contributed by atoms with van der Waals surface area (Å²) in [5.41, 5.74) is 0.265. The SMILES string of the molecule is CNC(=O)c1cc(Oc2ccc(C(=O)O)c(C(=O)Nc3cccc(Oc4cc(Oc5cccc(C)c5)ccc4P(=O)(c4ccccc4)c4ccccc4)c3)c2)ccc1C(=O)O. The van der Waals surface area contributed by atoms with Crippen LogP contribution in [0, 0.1) is 6.92 Å². The number of anilines is 1. The van der Waals surface area contributed by atoms with Crippen LogP contribution in [-0.2, 0) is 4.57 Å². The first-order chi connectivity index (χ1) is 29.4. The number of amides is 2. The molecular weight excluding hydrogens is 796 g/mol. The van der Waals surface area contributed by atoms with Gasteiger partial charge in [-0.15, -0.1) is 0 Å². The van der Waals surface area contributed by atoms with E-state index in [0.29, 0.717) is 27.4 Å². The van der Waals surface area contributed by atoms with Crippen LogP contribution in [-0.4, -0.2) is 41.0 Å². The van der Waals surface area contributed by atoms with Crippen LogP contribution in [0.25, 0.3) is 0 Å². The van der Waals surface area contributed by atoms with Crippen LogP contribution in [0.1, 0.15) is 47.0 Å². The number of benzene rings is 7. The second-order valence-corrected chi connectivity index (χ2v) is 16.4. The van der Waals surface area contributed by atoms with E-state index in [2.05, 4.69) is 10.6 Å². The van der Waals surface area contributed by atoms with Crippen molar-refractivity contribution in [3.63, 3.8) is 0 Å². The monoisotopic (exact) mass is 832 g/mol. The van der Waals surface area contributed by atoms with Crippen molar-refractivity contribution in [2.24, 2.45) is 0 Å². The second kappa shape index (κ2) is 17.9. The van der Waals surface area contributed by atoms with Crippen LogP contribution < -0.4 is 40.8 Å². The van der Waals surface area contributed by atoms with Gasteiger partial charge in [0.05, 0.1) is 27.6 Å². The lowest BCUT2D eigenvalue weighted by atomic mass is 10.1. The van der Waals surface area contributed by atoms with E-state index in [1.165, 1.54) is 49.5 Å². The third-order valence-electron chi connectivity index (χ3n) is 9.45. The molecule has 0 unspecified atom stereocenters. The first-order valence-corrected chi connectivity index (χ1v) is 20.5. The minimum atomic E-state index is -3.56. The molecular formula is C48H37N2O10P. The van der Waals surface area contributed by atoms with E-state index >= 15 is 4.57 Å². The lowest BCUT2D eigenvalue weighted by Gasteiger charge is -2.23. The van der Waals surface area contributed by atoms with Gasteiger partial charge in [-0.25, -0.2) is 9.59 Å². The van der Waals surface area contributed by atoms with Gasteiger partial charge in [-0.3, -0.25) is 9.59 Å². The van der Waals surface area contributed by atoms with Crippen LogP contribution >= 0.6 is 7.14 Å². The minimum Gasteiger partial charge on any atom is -0.478 e. The highest BCUT2D eigenvalue weighted by molar-refractivity contribution is 7.85. The maximum Gasteiger partial charge on any atom is 0.336 e. The Bertz CT molecular complexity index is 2800. The molecule has 0 atom stereocenters. The van der Waals surface area contributed by atoms with E-state index < -0.39 is 30.9 Å². The molecule has 2 amide bonds. The molecule has 7 aromatic rings.